The molecule has 1 amide bonds. The number of phosphoric ester groups is 1. The summed E-state index contributed by atoms with van der Waals surface area (Å²) in [5, 5.41) is 10.9. The van der Waals surface area contributed by atoms with Gasteiger partial charge in [-0.2, -0.15) is 0 Å². The van der Waals surface area contributed by atoms with E-state index in [0.29, 0.717) is 6.42 Å². The molecule has 0 aromatic carbocycles. The van der Waals surface area contributed by atoms with Gasteiger partial charge in [-0.3, -0.25) is 14.9 Å². The van der Waals surface area contributed by atoms with Crippen LogP contribution in [-0.4, -0.2) is 43.1 Å². The number of unbranched alkanes of at least 4 members (excludes halogenated alkanes) is 10. The summed E-state index contributed by atoms with van der Waals surface area (Å²) in [6.07, 6.45) is 12.0. The minimum atomic E-state index is -5.15. The zero-order chi connectivity index (χ0) is 33.2. The zero-order valence-electron chi connectivity index (χ0n) is 27.8. The fourth-order valence-corrected chi connectivity index (χ4v) is 3.46. The van der Waals surface area contributed by atoms with Crippen LogP contribution < -0.4 is 74.2 Å². The Kier molecular flexibility index (Phi) is 43.9. The number of hydrogen-bond acceptors (Lipinski definition) is 9. The molecule has 0 saturated heterocycles. The van der Waals surface area contributed by atoms with Crippen LogP contribution in [0.1, 0.15) is 114 Å². The number of aliphatic hydroxyl groups is 1. The Hall–Kier alpha value is -1.67. The summed E-state index contributed by atoms with van der Waals surface area (Å²) in [5.74, 6) is 26.6. The maximum absolute atomic E-state index is 11.8. The summed E-state index contributed by atoms with van der Waals surface area (Å²) >= 11 is 0. The molecular formula is C33H64NNa2O9P. The molecule has 0 unspecified atom stereocenters. The molecule has 0 aromatic rings. The van der Waals surface area contributed by atoms with Crippen molar-refractivity contribution in [2.75, 3.05) is 20.0 Å². The minimum absolute atomic E-state index is 0. The number of ether oxygens (including phenoxy) is 2. The second-order valence-corrected chi connectivity index (χ2v) is 10.1. The Bertz CT molecular complexity index is 1290. The van der Waals surface area contributed by atoms with E-state index >= 15 is 0 Å². The number of aliphatic hydroxyl groups excluding tert-OH is 1. The van der Waals surface area contributed by atoms with Crippen LogP contribution in [0.4, 0.5) is 0 Å². The third kappa shape index (κ3) is 46.7. The van der Waals surface area contributed by atoms with E-state index in [1.54, 1.807) is 6.92 Å². The molecule has 0 rings (SSSR count). The maximum Gasteiger partial charge on any atom is 1.00 e. The van der Waals surface area contributed by atoms with Crippen molar-refractivity contribution in [3.05, 3.63) is 0 Å². The van der Waals surface area contributed by atoms with E-state index in [9.17, 15) is 23.9 Å². The molecule has 0 radical (unpaired) electrons. The van der Waals surface area contributed by atoms with E-state index in [0.717, 1.165) is 19.3 Å². The molecule has 0 saturated carbocycles. The molecule has 0 aliphatic carbocycles. The molecule has 10 nitrogen and oxygen atoms in total. The third-order valence-corrected chi connectivity index (χ3v) is 5.55. The molecular weight excluding hydrogens is 631 g/mol. The van der Waals surface area contributed by atoms with E-state index in [1.807, 2.05) is 0 Å². The number of rotatable bonds is 19. The van der Waals surface area contributed by atoms with Crippen molar-refractivity contribution in [1.29, 1.82) is 0 Å². The quantitative estimate of drug-likeness (QED) is 0.0338. The monoisotopic (exact) mass is 695 g/mol. The van der Waals surface area contributed by atoms with Crippen molar-refractivity contribution in [2.24, 2.45) is 0 Å². The first-order chi connectivity index (χ1) is 21.2. The first-order valence-corrected chi connectivity index (χ1v) is 15.8. The number of carbonyl (C=O) groups is 2. The van der Waals surface area contributed by atoms with Gasteiger partial charge in [0.1, 0.15) is 12.9 Å². The standard InChI is InChI=1S/C18H37O8P.C15H7NO.2Na.11H2/c1-2-3-4-5-6-7-8-9-10-11-12-13-18(20)26-17(14-24-16-19)15-25-27(21,22)23;1-3-4-5-6-7-8-9-10-11-12-13-14-16-15(2)17;;;;;;;;;;;;;/h17,19H,2-16H2,1H3,(H2,21,22,23);1-2H3,(H,16,17);;;11*1H/q;;2*+1;;;;;;;;;;;/p-2/t17-;;;;;;;;;;;;;;/m0............../s1. The molecule has 13 heteroatoms. The number of phosphoric acid groups is 1. The SMILES string of the molecule is CC#CC#CC#CC#CC#CC#CNC(C)=O.CCCCCCCCCCCCCC(=O)O[C@@H](COCO)COP(=O)([O-])[O-].[HH].[HH].[HH].[HH].[HH].[HH].[HH].[HH].[HH].[HH].[HH].[Na+].[Na+]. The van der Waals surface area contributed by atoms with Gasteiger partial charge in [-0.1, -0.05) is 77.1 Å². The number of hydrogen-bond donors (Lipinski definition) is 2. The largest absolute Gasteiger partial charge is 1.00 e. The van der Waals surface area contributed by atoms with E-state index in [-0.39, 0.29) is 93.7 Å². The van der Waals surface area contributed by atoms with Gasteiger partial charge in [0.25, 0.3) is 0 Å². The number of amides is 1. The van der Waals surface area contributed by atoms with Crippen LogP contribution in [0, 0.1) is 71.2 Å². The van der Waals surface area contributed by atoms with Gasteiger partial charge in [-0.05, 0) is 42.9 Å². The smallest absolute Gasteiger partial charge is 0.790 e. The van der Waals surface area contributed by atoms with Gasteiger partial charge >= 0.3 is 65.1 Å². The van der Waals surface area contributed by atoms with Gasteiger partial charge in [0.05, 0.1) is 21.0 Å². The minimum Gasteiger partial charge on any atom is -0.790 e. The van der Waals surface area contributed by atoms with Gasteiger partial charge in [0.15, 0.2) is 0 Å². The van der Waals surface area contributed by atoms with Gasteiger partial charge < -0.3 is 33.5 Å². The topological polar surface area (TPSA) is 157 Å². The summed E-state index contributed by atoms with van der Waals surface area (Å²) in [6.45, 7) is 3.79. The van der Waals surface area contributed by atoms with E-state index in [4.69, 9.17) is 9.84 Å². The van der Waals surface area contributed by atoms with Crippen molar-refractivity contribution < 1.29 is 118 Å². The first-order valence-electron chi connectivity index (χ1n) is 14.4. The maximum atomic E-state index is 11.8. The fraction of sp³-hybridized carbons (Fsp3) is 0.576. The molecule has 0 fully saturated rings. The fourth-order valence-electron chi connectivity index (χ4n) is 3.12. The molecule has 0 heterocycles. The summed E-state index contributed by atoms with van der Waals surface area (Å²) < 4.78 is 24.3. The summed E-state index contributed by atoms with van der Waals surface area (Å²) in [4.78, 5) is 43.2. The van der Waals surface area contributed by atoms with Crippen molar-refractivity contribution in [1.82, 2.24) is 5.32 Å². The molecule has 1 atom stereocenters. The molecule has 0 spiro atoms. The molecule has 2 N–H and O–H groups in total. The second-order valence-electron chi connectivity index (χ2n) is 8.95. The van der Waals surface area contributed by atoms with Crippen molar-refractivity contribution in [2.45, 2.75) is 104 Å². The summed E-state index contributed by atoms with van der Waals surface area (Å²) in [6, 6.07) is 2.35. The van der Waals surface area contributed by atoms with Crippen molar-refractivity contribution in [3.8, 4) is 71.2 Å². The Morgan fingerprint density at radius 2 is 1.24 bits per heavy atom. The number of nitrogens with one attached hydrogen (secondary N) is 1. The molecule has 0 aromatic heterocycles. The Balaban J connectivity index is -0.0000000409. The third-order valence-electron chi connectivity index (χ3n) is 5.08. The summed E-state index contributed by atoms with van der Waals surface area (Å²) in [7, 11) is -5.15. The van der Waals surface area contributed by atoms with Gasteiger partial charge in [0, 0.05) is 64.7 Å². The Morgan fingerprint density at radius 1 is 0.783 bits per heavy atom. The van der Waals surface area contributed by atoms with Crippen LogP contribution in [0.2, 0.25) is 0 Å². The average molecular weight is 696 g/mol. The average Bonchev–Trinajstić information content (AvgIpc) is 2.97. The molecule has 0 aliphatic heterocycles. The molecule has 262 valence electrons. The number of esters is 1. The predicted molar refractivity (Wildman–Crippen MR) is 187 cm³/mol. The first kappa shape index (κ1) is 51.2. The van der Waals surface area contributed by atoms with Crippen LogP contribution in [0.25, 0.3) is 0 Å². The van der Waals surface area contributed by atoms with Crippen LogP contribution >= 0.6 is 7.82 Å². The molecule has 0 bridgehead atoms. The summed E-state index contributed by atoms with van der Waals surface area (Å²) in [5.41, 5.74) is 0. The van der Waals surface area contributed by atoms with Gasteiger partial charge in [-0.15, -0.1) is 0 Å². The Labute approximate surface area is 336 Å². The zero-order valence-corrected chi connectivity index (χ0v) is 32.7. The number of carbonyl (C=O) groups excluding carboxylic acids is 2. The van der Waals surface area contributed by atoms with Gasteiger partial charge in [-0.25, -0.2) is 0 Å². The predicted octanol–water partition coefficient (Wildman–Crippen LogP) is -0.755. The van der Waals surface area contributed by atoms with E-state index < -0.39 is 33.3 Å². The molecule has 46 heavy (non-hydrogen) atoms. The van der Waals surface area contributed by atoms with Crippen LogP contribution in [-0.2, 0) is 28.2 Å². The second kappa shape index (κ2) is 39.5. The van der Waals surface area contributed by atoms with Crippen molar-refractivity contribution in [3.63, 3.8) is 0 Å². The Morgan fingerprint density at radius 3 is 1.67 bits per heavy atom. The molecule has 0 aliphatic rings. The van der Waals surface area contributed by atoms with E-state index in [1.165, 1.54) is 51.9 Å². The van der Waals surface area contributed by atoms with Crippen LogP contribution in [0.3, 0.4) is 0 Å². The van der Waals surface area contributed by atoms with Crippen molar-refractivity contribution >= 4 is 19.7 Å². The normalized spacial score (nSPS) is 9.35. The van der Waals surface area contributed by atoms with Crippen LogP contribution in [0.15, 0.2) is 0 Å². The van der Waals surface area contributed by atoms with E-state index in [2.05, 4.69) is 92.7 Å². The van der Waals surface area contributed by atoms with Gasteiger partial charge in [0.2, 0.25) is 5.91 Å². The van der Waals surface area contributed by atoms with Crippen LogP contribution in [0.5, 0.6) is 0 Å².